The van der Waals surface area contributed by atoms with Gasteiger partial charge < -0.3 is 10.3 Å². The van der Waals surface area contributed by atoms with Gasteiger partial charge >= 0.3 is 0 Å². The summed E-state index contributed by atoms with van der Waals surface area (Å²) in [6, 6.07) is 1.79. The molecule has 2 rings (SSSR count). The Morgan fingerprint density at radius 3 is 3.08 bits per heavy atom. The number of carbonyl (C=O) groups is 1. The van der Waals surface area contributed by atoms with E-state index in [9.17, 15) is 4.79 Å². The highest BCUT2D eigenvalue weighted by molar-refractivity contribution is 6.05. The third kappa shape index (κ3) is 1.07. The van der Waals surface area contributed by atoms with Crippen molar-refractivity contribution in [3.05, 3.63) is 30.2 Å². The van der Waals surface area contributed by atoms with Crippen molar-refractivity contribution in [2.24, 2.45) is 12.8 Å². The maximum absolute atomic E-state index is 11.0. The molecule has 4 nitrogen and oxygen atoms in total. The summed E-state index contributed by atoms with van der Waals surface area (Å²) in [7, 11) is 1.86. The monoisotopic (exact) mass is 175 g/mol. The Labute approximate surface area is 75.0 Å². The summed E-state index contributed by atoms with van der Waals surface area (Å²) in [6.45, 7) is 0. The third-order valence-corrected chi connectivity index (χ3v) is 2.06. The van der Waals surface area contributed by atoms with Crippen molar-refractivity contribution in [3.63, 3.8) is 0 Å². The number of nitrogens with zero attached hydrogens (tertiary/aromatic N) is 2. The first-order valence-electron chi connectivity index (χ1n) is 3.89. The zero-order chi connectivity index (χ0) is 9.42. The predicted octanol–water partition coefficient (Wildman–Crippen LogP) is 0.672. The number of fused-ring (bicyclic) bond motifs is 1. The Hall–Kier alpha value is -1.84. The SMILES string of the molecule is Cn1cc(C(N)=O)c2ccncc21. The average molecular weight is 175 g/mol. The van der Waals surface area contributed by atoms with Crippen molar-refractivity contribution >= 4 is 16.8 Å². The fourth-order valence-electron chi connectivity index (χ4n) is 1.42. The smallest absolute Gasteiger partial charge is 0.250 e. The lowest BCUT2D eigenvalue weighted by Gasteiger charge is -1.92. The number of hydrogen-bond acceptors (Lipinski definition) is 2. The van der Waals surface area contributed by atoms with Crippen molar-refractivity contribution in [1.82, 2.24) is 9.55 Å². The molecule has 66 valence electrons. The van der Waals surface area contributed by atoms with Gasteiger partial charge in [-0.2, -0.15) is 0 Å². The second-order valence-electron chi connectivity index (χ2n) is 2.91. The maximum Gasteiger partial charge on any atom is 0.250 e. The molecule has 2 aromatic heterocycles. The van der Waals surface area contributed by atoms with E-state index >= 15 is 0 Å². The van der Waals surface area contributed by atoms with Crippen molar-refractivity contribution in [2.75, 3.05) is 0 Å². The summed E-state index contributed by atoms with van der Waals surface area (Å²) in [5.41, 5.74) is 6.68. The van der Waals surface area contributed by atoms with Gasteiger partial charge in [0.05, 0.1) is 17.3 Å². The number of hydrogen-bond donors (Lipinski definition) is 1. The van der Waals surface area contributed by atoms with Crippen molar-refractivity contribution in [3.8, 4) is 0 Å². The molecule has 0 aliphatic rings. The lowest BCUT2D eigenvalue weighted by Crippen LogP contribution is -2.09. The Bertz CT molecular complexity index is 473. The predicted molar refractivity (Wildman–Crippen MR) is 49.2 cm³/mol. The number of amides is 1. The molecular weight excluding hydrogens is 166 g/mol. The highest BCUT2D eigenvalue weighted by atomic mass is 16.1. The molecular formula is C9H9N3O. The summed E-state index contributed by atoms with van der Waals surface area (Å²) in [6.07, 6.45) is 5.07. The fraction of sp³-hybridized carbons (Fsp3) is 0.111. The van der Waals surface area contributed by atoms with Crippen LogP contribution >= 0.6 is 0 Å². The van der Waals surface area contributed by atoms with E-state index in [1.807, 2.05) is 11.6 Å². The molecule has 0 bridgehead atoms. The van der Waals surface area contributed by atoms with E-state index in [1.165, 1.54) is 0 Å². The van der Waals surface area contributed by atoms with Gasteiger partial charge in [-0.3, -0.25) is 9.78 Å². The van der Waals surface area contributed by atoms with Crippen LogP contribution in [0.2, 0.25) is 0 Å². The quantitative estimate of drug-likeness (QED) is 0.692. The Kier molecular flexibility index (Phi) is 1.55. The number of carbonyl (C=O) groups excluding carboxylic acids is 1. The number of pyridine rings is 1. The largest absolute Gasteiger partial charge is 0.366 e. The minimum Gasteiger partial charge on any atom is -0.366 e. The molecule has 0 fully saturated rings. The molecule has 4 heteroatoms. The van der Waals surface area contributed by atoms with Gasteiger partial charge in [0.15, 0.2) is 0 Å². The first kappa shape index (κ1) is 7.79. The minimum atomic E-state index is -0.406. The van der Waals surface area contributed by atoms with Crippen molar-refractivity contribution in [1.29, 1.82) is 0 Å². The molecule has 0 saturated carbocycles. The standard InChI is InChI=1S/C9H9N3O/c1-12-5-7(9(10)13)6-2-3-11-4-8(6)12/h2-5H,1H3,(H2,10,13). The zero-order valence-corrected chi connectivity index (χ0v) is 7.19. The summed E-state index contributed by atoms with van der Waals surface area (Å²) >= 11 is 0. The second kappa shape index (κ2) is 2.58. The zero-order valence-electron chi connectivity index (χ0n) is 7.19. The summed E-state index contributed by atoms with van der Waals surface area (Å²) < 4.78 is 1.84. The van der Waals surface area contributed by atoms with Crippen LogP contribution in [0.15, 0.2) is 24.7 Å². The molecule has 2 heterocycles. The van der Waals surface area contributed by atoms with Crippen LogP contribution in [0.4, 0.5) is 0 Å². The van der Waals surface area contributed by atoms with Crippen LogP contribution in [-0.2, 0) is 7.05 Å². The van der Waals surface area contributed by atoms with Crippen LogP contribution in [0.3, 0.4) is 0 Å². The van der Waals surface area contributed by atoms with Crippen molar-refractivity contribution < 1.29 is 4.79 Å². The molecule has 0 spiro atoms. The molecule has 0 atom stereocenters. The molecule has 1 amide bonds. The molecule has 0 unspecified atom stereocenters. The van der Waals surface area contributed by atoms with Gasteiger partial charge in [0, 0.05) is 24.8 Å². The normalized spacial score (nSPS) is 10.5. The van der Waals surface area contributed by atoms with E-state index in [0.29, 0.717) is 5.56 Å². The van der Waals surface area contributed by atoms with Gasteiger partial charge in [-0.05, 0) is 6.07 Å². The van der Waals surface area contributed by atoms with E-state index < -0.39 is 5.91 Å². The van der Waals surface area contributed by atoms with Gasteiger partial charge in [0.25, 0.3) is 5.91 Å². The highest BCUT2D eigenvalue weighted by Gasteiger charge is 2.09. The van der Waals surface area contributed by atoms with Gasteiger partial charge in [-0.1, -0.05) is 0 Å². The summed E-state index contributed by atoms with van der Waals surface area (Å²) in [5, 5.41) is 0.852. The highest BCUT2D eigenvalue weighted by Crippen LogP contribution is 2.18. The van der Waals surface area contributed by atoms with E-state index in [4.69, 9.17) is 5.73 Å². The number of rotatable bonds is 1. The summed E-state index contributed by atoms with van der Waals surface area (Å²) in [5.74, 6) is -0.406. The molecule has 0 aliphatic carbocycles. The van der Waals surface area contributed by atoms with Gasteiger partial charge in [-0.15, -0.1) is 0 Å². The fourth-order valence-corrected chi connectivity index (χ4v) is 1.42. The molecule has 2 N–H and O–H groups in total. The van der Waals surface area contributed by atoms with E-state index in [1.54, 1.807) is 24.7 Å². The topological polar surface area (TPSA) is 60.9 Å². The number of aryl methyl sites for hydroxylation is 1. The third-order valence-electron chi connectivity index (χ3n) is 2.06. The Morgan fingerprint density at radius 2 is 2.38 bits per heavy atom. The van der Waals surface area contributed by atoms with Gasteiger partial charge in [-0.25, -0.2) is 0 Å². The van der Waals surface area contributed by atoms with E-state index in [-0.39, 0.29) is 0 Å². The lowest BCUT2D eigenvalue weighted by molar-refractivity contribution is 0.100. The summed E-state index contributed by atoms with van der Waals surface area (Å²) in [4.78, 5) is 15.0. The van der Waals surface area contributed by atoms with Crippen LogP contribution in [0, 0.1) is 0 Å². The van der Waals surface area contributed by atoms with Crippen LogP contribution in [-0.4, -0.2) is 15.5 Å². The Balaban J connectivity index is 2.85. The van der Waals surface area contributed by atoms with Gasteiger partial charge in [0.1, 0.15) is 0 Å². The van der Waals surface area contributed by atoms with Crippen molar-refractivity contribution in [2.45, 2.75) is 0 Å². The second-order valence-corrected chi connectivity index (χ2v) is 2.91. The Morgan fingerprint density at radius 1 is 1.62 bits per heavy atom. The number of aromatic nitrogens is 2. The average Bonchev–Trinajstić information content (AvgIpc) is 2.45. The first-order valence-corrected chi connectivity index (χ1v) is 3.89. The molecule has 0 aliphatic heterocycles. The van der Waals surface area contributed by atoms with E-state index in [0.717, 1.165) is 10.9 Å². The first-order chi connectivity index (χ1) is 6.20. The number of primary amides is 1. The molecule has 0 saturated heterocycles. The lowest BCUT2D eigenvalue weighted by atomic mass is 10.2. The molecule has 0 aromatic carbocycles. The number of nitrogens with two attached hydrogens (primary N) is 1. The molecule has 2 aromatic rings. The van der Waals surface area contributed by atoms with E-state index in [2.05, 4.69) is 4.98 Å². The van der Waals surface area contributed by atoms with Crippen LogP contribution in [0.25, 0.3) is 10.9 Å². The molecule has 13 heavy (non-hydrogen) atoms. The maximum atomic E-state index is 11.0. The van der Waals surface area contributed by atoms with Crippen LogP contribution in [0.1, 0.15) is 10.4 Å². The van der Waals surface area contributed by atoms with Crippen LogP contribution < -0.4 is 5.73 Å². The molecule has 0 radical (unpaired) electrons. The van der Waals surface area contributed by atoms with Gasteiger partial charge in [0.2, 0.25) is 0 Å². The minimum absolute atomic E-state index is 0.406. The van der Waals surface area contributed by atoms with Crippen LogP contribution in [0.5, 0.6) is 0 Å².